The topological polar surface area (TPSA) is 57.9 Å². The molecule has 0 unspecified atom stereocenters. The van der Waals surface area contributed by atoms with E-state index in [1.807, 2.05) is 36.6 Å². The molecule has 6 heteroatoms. The summed E-state index contributed by atoms with van der Waals surface area (Å²) in [6, 6.07) is 15.8. The zero-order valence-corrected chi connectivity index (χ0v) is 14.9. The van der Waals surface area contributed by atoms with Gasteiger partial charge >= 0.3 is 0 Å². The third-order valence-corrected chi connectivity index (χ3v) is 4.40. The molecule has 0 saturated carbocycles. The average Bonchev–Trinajstić information content (AvgIpc) is 3.13. The average molecular weight is 365 g/mol. The molecule has 1 aromatic heterocycles. The number of benzene rings is 2. The Morgan fingerprint density at radius 1 is 1.31 bits per heavy atom. The predicted octanol–water partition coefficient (Wildman–Crippen LogP) is 5.32. The van der Waals surface area contributed by atoms with Crippen LogP contribution >= 0.6 is 11.3 Å². The number of hydrogen-bond donors (Lipinski definition) is 1. The van der Waals surface area contributed by atoms with E-state index in [2.05, 4.69) is 16.4 Å². The summed E-state index contributed by atoms with van der Waals surface area (Å²) in [6.45, 7) is 2.56. The number of anilines is 1. The maximum absolute atomic E-state index is 13.2. The second-order valence-corrected chi connectivity index (χ2v) is 6.18. The standard InChI is InChI=1S/C20H16FN3OS/c1-2-25-18-8-6-14(7-9-18)19-13-26-20(24-19)15(11-22)12-23-17-5-3-4-16(21)10-17/h3-10,12-13,23H,2H2,1H3/b15-12-. The zero-order valence-electron chi connectivity index (χ0n) is 14.1. The lowest BCUT2D eigenvalue weighted by Gasteiger charge is -2.03. The number of halogens is 1. The van der Waals surface area contributed by atoms with Gasteiger partial charge in [0.25, 0.3) is 0 Å². The highest BCUT2D eigenvalue weighted by molar-refractivity contribution is 7.11. The van der Waals surface area contributed by atoms with E-state index >= 15 is 0 Å². The molecule has 0 spiro atoms. The molecule has 0 aliphatic carbocycles. The van der Waals surface area contributed by atoms with Crippen LogP contribution in [0.25, 0.3) is 16.8 Å². The molecule has 0 amide bonds. The minimum Gasteiger partial charge on any atom is -0.494 e. The Labute approximate surface area is 155 Å². The number of hydrogen-bond acceptors (Lipinski definition) is 5. The maximum Gasteiger partial charge on any atom is 0.136 e. The molecule has 0 aliphatic heterocycles. The van der Waals surface area contributed by atoms with Gasteiger partial charge in [0.2, 0.25) is 0 Å². The first-order valence-corrected chi connectivity index (χ1v) is 8.89. The number of thiazole rings is 1. The lowest BCUT2D eigenvalue weighted by molar-refractivity contribution is 0.340. The molecule has 0 fully saturated rings. The number of aromatic nitrogens is 1. The van der Waals surface area contributed by atoms with Crippen molar-refractivity contribution in [2.45, 2.75) is 6.92 Å². The zero-order chi connectivity index (χ0) is 18.4. The van der Waals surface area contributed by atoms with Crippen molar-refractivity contribution < 1.29 is 9.13 Å². The predicted molar refractivity (Wildman–Crippen MR) is 102 cm³/mol. The van der Waals surface area contributed by atoms with Gasteiger partial charge in [0.05, 0.1) is 12.3 Å². The monoisotopic (exact) mass is 365 g/mol. The molecule has 1 N–H and O–H groups in total. The SMILES string of the molecule is CCOc1ccc(-c2csc(/C(C#N)=C\Nc3cccc(F)c3)n2)cc1. The Morgan fingerprint density at radius 2 is 2.12 bits per heavy atom. The number of allylic oxidation sites excluding steroid dienone is 1. The smallest absolute Gasteiger partial charge is 0.136 e. The van der Waals surface area contributed by atoms with Crippen LogP contribution in [-0.4, -0.2) is 11.6 Å². The van der Waals surface area contributed by atoms with Crippen LogP contribution in [0.3, 0.4) is 0 Å². The number of rotatable bonds is 6. The largest absolute Gasteiger partial charge is 0.494 e. The Morgan fingerprint density at radius 3 is 2.81 bits per heavy atom. The molecular weight excluding hydrogens is 349 g/mol. The summed E-state index contributed by atoms with van der Waals surface area (Å²) in [6.07, 6.45) is 1.54. The fourth-order valence-electron chi connectivity index (χ4n) is 2.29. The van der Waals surface area contributed by atoms with Gasteiger partial charge in [0.15, 0.2) is 0 Å². The molecule has 0 saturated heterocycles. The Bertz CT molecular complexity index is 958. The van der Waals surface area contributed by atoms with Gasteiger partial charge in [0.1, 0.15) is 28.2 Å². The van der Waals surface area contributed by atoms with Crippen LogP contribution in [0.2, 0.25) is 0 Å². The van der Waals surface area contributed by atoms with Crippen molar-refractivity contribution in [1.82, 2.24) is 4.98 Å². The van der Waals surface area contributed by atoms with Crippen molar-refractivity contribution in [3.8, 4) is 23.1 Å². The highest BCUT2D eigenvalue weighted by atomic mass is 32.1. The van der Waals surface area contributed by atoms with Crippen LogP contribution in [0, 0.1) is 17.1 Å². The van der Waals surface area contributed by atoms with E-state index in [4.69, 9.17) is 4.74 Å². The van der Waals surface area contributed by atoms with Gasteiger partial charge < -0.3 is 10.1 Å². The molecule has 4 nitrogen and oxygen atoms in total. The highest BCUT2D eigenvalue weighted by Gasteiger charge is 2.09. The van der Waals surface area contributed by atoms with Crippen molar-refractivity contribution in [1.29, 1.82) is 5.26 Å². The Hall–Kier alpha value is -3.17. The summed E-state index contributed by atoms with van der Waals surface area (Å²) in [4.78, 5) is 4.53. The van der Waals surface area contributed by atoms with Gasteiger partial charge in [-0.05, 0) is 49.4 Å². The lowest BCUT2D eigenvalue weighted by Crippen LogP contribution is -1.92. The first-order valence-electron chi connectivity index (χ1n) is 8.01. The quantitative estimate of drug-likeness (QED) is 0.600. The molecular formula is C20H16FN3OS. The van der Waals surface area contributed by atoms with Crippen molar-refractivity contribution in [2.24, 2.45) is 0 Å². The van der Waals surface area contributed by atoms with Gasteiger partial charge in [-0.15, -0.1) is 11.3 Å². The van der Waals surface area contributed by atoms with Crippen LogP contribution in [-0.2, 0) is 0 Å². The van der Waals surface area contributed by atoms with Gasteiger partial charge in [-0.25, -0.2) is 9.37 Å². The van der Waals surface area contributed by atoms with E-state index in [-0.39, 0.29) is 5.82 Å². The van der Waals surface area contributed by atoms with Crippen molar-refractivity contribution in [3.63, 3.8) is 0 Å². The summed E-state index contributed by atoms with van der Waals surface area (Å²) in [5, 5.41) is 14.8. The van der Waals surface area contributed by atoms with Crippen molar-refractivity contribution in [2.75, 3.05) is 11.9 Å². The van der Waals surface area contributed by atoms with Crippen molar-refractivity contribution in [3.05, 3.63) is 70.9 Å². The van der Waals surface area contributed by atoms with E-state index in [1.54, 1.807) is 12.1 Å². The molecule has 0 atom stereocenters. The first-order chi connectivity index (χ1) is 12.7. The van der Waals surface area contributed by atoms with Crippen LogP contribution in [0.1, 0.15) is 11.9 Å². The van der Waals surface area contributed by atoms with Crippen LogP contribution in [0.4, 0.5) is 10.1 Å². The lowest BCUT2D eigenvalue weighted by atomic mass is 10.2. The fourth-order valence-corrected chi connectivity index (χ4v) is 3.09. The Balaban J connectivity index is 1.78. The summed E-state index contributed by atoms with van der Waals surface area (Å²) in [5.41, 5.74) is 2.70. The van der Waals surface area contributed by atoms with E-state index < -0.39 is 0 Å². The van der Waals surface area contributed by atoms with Crippen LogP contribution in [0.5, 0.6) is 5.75 Å². The third kappa shape index (κ3) is 4.26. The molecule has 2 aromatic carbocycles. The van der Waals surface area contributed by atoms with E-state index in [1.165, 1.54) is 29.7 Å². The number of nitriles is 1. The van der Waals surface area contributed by atoms with Crippen molar-refractivity contribution >= 4 is 22.6 Å². The van der Waals surface area contributed by atoms with E-state index in [0.29, 0.717) is 22.9 Å². The number of nitrogens with zero attached hydrogens (tertiary/aromatic N) is 2. The second kappa shape index (κ2) is 8.28. The molecule has 0 bridgehead atoms. The molecule has 3 rings (SSSR count). The van der Waals surface area contributed by atoms with Crippen LogP contribution < -0.4 is 10.1 Å². The van der Waals surface area contributed by atoms with Gasteiger partial charge in [-0.3, -0.25) is 0 Å². The minimum atomic E-state index is -0.339. The number of ether oxygens (including phenoxy) is 1. The summed E-state index contributed by atoms with van der Waals surface area (Å²) in [5.74, 6) is 0.470. The maximum atomic E-state index is 13.2. The molecule has 130 valence electrons. The number of nitrogens with one attached hydrogen (secondary N) is 1. The summed E-state index contributed by atoms with van der Waals surface area (Å²) in [7, 11) is 0. The van der Waals surface area contributed by atoms with E-state index in [9.17, 15) is 9.65 Å². The van der Waals surface area contributed by atoms with Crippen LogP contribution in [0.15, 0.2) is 60.1 Å². The molecule has 1 heterocycles. The third-order valence-electron chi connectivity index (χ3n) is 3.52. The molecule has 0 radical (unpaired) electrons. The second-order valence-electron chi connectivity index (χ2n) is 5.32. The van der Waals surface area contributed by atoms with Gasteiger partial charge in [0, 0.05) is 22.8 Å². The Kier molecular flexibility index (Phi) is 5.62. The highest BCUT2D eigenvalue weighted by Crippen LogP contribution is 2.27. The molecule has 26 heavy (non-hydrogen) atoms. The fraction of sp³-hybridized carbons (Fsp3) is 0.100. The molecule has 0 aliphatic rings. The van der Waals surface area contributed by atoms with E-state index in [0.717, 1.165) is 17.0 Å². The van der Waals surface area contributed by atoms with Gasteiger partial charge in [-0.2, -0.15) is 5.26 Å². The van der Waals surface area contributed by atoms with Gasteiger partial charge in [-0.1, -0.05) is 6.07 Å². The first kappa shape index (κ1) is 17.6. The normalized spacial score (nSPS) is 11.0. The molecule has 3 aromatic rings. The minimum absolute atomic E-state index is 0.339. The summed E-state index contributed by atoms with van der Waals surface area (Å²) >= 11 is 1.38. The summed E-state index contributed by atoms with van der Waals surface area (Å²) < 4.78 is 18.7.